The second-order valence-electron chi connectivity index (χ2n) is 4.34. The monoisotopic (exact) mass is 214 g/mol. The Balaban J connectivity index is 2.24. The van der Waals surface area contributed by atoms with Crippen molar-refractivity contribution < 1.29 is 24.2 Å². The van der Waals surface area contributed by atoms with Gasteiger partial charge in [0.15, 0.2) is 5.79 Å². The lowest BCUT2D eigenvalue weighted by molar-refractivity contribution is -0.206. The molecule has 1 aliphatic heterocycles. The van der Waals surface area contributed by atoms with E-state index in [-0.39, 0.29) is 18.6 Å². The molecule has 0 aromatic carbocycles. The van der Waals surface area contributed by atoms with Crippen LogP contribution in [0.4, 0.5) is 0 Å². The van der Waals surface area contributed by atoms with Crippen molar-refractivity contribution in [3.63, 3.8) is 0 Å². The number of rotatable bonds is 1. The molecule has 2 rings (SSSR count). The zero-order chi connectivity index (χ0) is 11.1. The van der Waals surface area contributed by atoms with Gasteiger partial charge in [-0.2, -0.15) is 0 Å². The number of hydrogen-bond acceptors (Lipinski definition) is 4. The summed E-state index contributed by atoms with van der Waals surface area (Å²) >= 11 is 0. The number of hydrogen-bond donors (Lipinski definition) is 1. The average Bonchev–Trinajstić information content (AvgIpc) is 2.61. The van der Waals surface area contributed by atoms with Crippen LogP contribution in [0.1, 0.15) is 26.2 Å². The highest BCUT2D eigenvalue weighted by Gasteiger charge is 2.54. The number of aliphatic carboxylic acids is 1. The molecule has 5 heteroatoms. The van der Waals surface area contributed by atoms with Gasteiger partial charge in [0.25, 0.3) is 0 Å². The molecular formula is C10H14O5. The molecule has 1 N–H and O–H groups in total. The van der Waals surface area contributed by atoms with Crippen LogP contribution >= 0.6 is 0 Å². The molecule has 1 saturated carbocycles. The predicted octanol–water partition coefficient (Wildman–Crippen LogP) is 0.573. The smallest absolute Gasteiger partial charge is 0.317 e. The van der Waals surface area contributed by atoms with Gasteiger partial charge >= 0.3 is 5.97 Å². The lowest BCUT2D eigenvalue weighted by Crippen LogP contribution is -2.50. The van der Waals surface area contributed by atoms with Crippen molar-refractivity contribution in [1.82, 2.24) is 0 Å². The zero-order valence-electron chi connectivity index (χ0n) is 8.62. The van der Waals surface area contributed by atoms with Gasteiger partial charge in [0.1, 0.15) is 11.2 Å². The van der Waals surface area contributed by atoms with Gasteiger partial charge in [-0.25, -0.2) is 0 Å². The van der Waals surface area contributed by atoms with Crippen LogP contribution in [0.25, 0.3) is 0 Å². The second-order valence-corrected chi connectivity index (χ2v) is 4.34. The van der Waals surface area contributed by atoms with E-state index in [1.165, 1.54) is 6.92 Å². The third-order valence-electron chi connectivity index (χ3n) is 3.26. The molecule has 0 aromatic rings. The quantitative estimate of drug-likeness (QED) is 0.646. The van der Waals surface area contributed by atoms with Crippen molar-refractivity contribution in [3.8, 4) is 0 Å². The molecule has 0 amide bonds. The largest absolute Gasteiger partial charge is 0.481 e. The first-order valence-electron chi connectivity index (χ1n) is 5.03. The van der Waals surface area contributed by atoms with Crippen LogP contribution in [-0.4, -0.2) is 35.9 Å². The minimum atomic E-state index is -1.36. The number of carbonyl (C=O) groups excluding carboxylic acids is 1. The highest BCUT2D eigenvalue weighted by Crippen LogP contribution is 2.43. The summed E-state index contributed by atoms with van der Waals surface area (Å²) in [5, 5.41) is 9.08. The Hall–Kier alpha value is -0.940. The molecule has 1 aliphatic carbocycles. The molecule has 1 unspecified atom stereocenters. The van der Waals surface area contributed by atoms with Gasteiger partial charge in [-0.05, 0) is 6.92 Å². The highest BCUT2D eigenvalue weighted by atomic mass is 16.7. The van der Waals surface area contributed by atoms with Gasteiger partial charge in [-0.15, -0.1) is 0 Å². The first-order chi connectivity index (χ1) is 6.99. The number of ether oxygens (including phenoxy) is 2. The molecule has 84 valence electrons. The molecule has 2 fully saturated rings. The third-order valence-corrected chi connectivity index (χ3v) is 3.26. The van der Waals surface area contributed by atoms with E-state index in [0.717, 1.165) is 0 Å². The molecule has 5 nitrogen and oxygen atoms in total. The fourth-order valence-corrected chi connectivity index (χ4v) is 2.24. The molecule has 1 heterocycles. The van der Waals surface area contributed by atoms with Gasteiger partial charge in [0.2, 0.25) is 0 Å². The van der Waals surface area contributed by atoms with Crippen LogP contribution in [0.5, 0.6) is 0 Å². The minimum Gasteiger partial charge on any atom is -0.481 e. The Morgan fingerprint density at radius 2 is 2.00 bits per heavy atom. The third kappa shape index (κ3) is 1.55. The zero-order valence-corrected chi connectivity index (χ0v) is 8.62. The number of Topliss-reactive ketones (excluding diaryl/α,β-unsaturated/α-hetero) is 1. The number of ketones is 1. The average molecular weight is 214 g/mol. The molecule has 0 bridgehead atoms. The Labute approximate surface area is 87.4 Å². The molecule has 15 heavy (non-hydrogen) atoms. The summed E-state index contributed by atoms with van der Waals surface area (Å²) in [6, 6.07) is 0. The lowest BCUT2D eigenvalue weighted by Gasteiger charge is -2.39. The summed E-state index contributed by atoms with van der Waals surface area (Å²) in [6.07, 6.45) is 0.797. The highest BCUT2D eigenvalue weighted by molar-refractivity contribution is 6.03. The molecule has 1 spiro atoms. The van der Waals surface area contributed by atoms with Crippen molar-refractivity contribution in [2.75, 3.05) is 13.2 Å². The van der Waals surface area contributed by atoms with E-state index in [4.69, 9.17) is 14.6 Å². The SMILES string of the molecule is CC1(C(=O)O)CC2(CCC1=O)OCCO2. The normalized spacial score (nSPS) is 34.6. The second kappa shape index (κ2) is 3.28. The molecule has 0 radical (unpaired) electrons. The maximum atomic E-state index is 11.6. The van der Waals surface area contributed by atoms with Gasteiger partial charge in [0, 0.05) is 19.3 Å². The van der Waals surface area contributed by atoms with E-state index >= 15 is 0 Å². The summed E-state index contributed by atoms with van der Waals surface area (Å²) in [5.41, 5.74) is -1.36. The molecule has 1 atom stereocenters. The minimum absolute atomic E-state index is 0.119. The van der Waals surface area contributed by atoms with Crippen LogP contribution in [0.15, 0.2) is 0 Å². The van der Waals surface area contributed by atoms with Crippen LogP contribution in [-0.2, 0) is 19.1 Å². The van der Waals surface area contributed by atoms with E-state index in [1.54, 1.807) is 0 Å². The van der Waals surface area contributed by atoms with E-state index < -0.39 is 17.2 Å². The van der Waals surface area contributed by atoms with Crippen molar-refractivity contribution in [3.05, 3.63) is 0 Å². The molecule has 0 aromatic heterocycles. The molecule has 2 aliphatic rings. The summed E-state index contributed by atoms with van der Waals surface area (Å²) in [4.78, 5) is 22.7. The van der Waals surface area contributed by atoms with E-state index in [0.29, 0.717) is 19.6 Å². The Morgan fingerprint density at radius 3 is 2.53 bits per heavy atom. The van der Waals surface area contributed by atoms with Crippen LogP contribution in [0.3, 0.4) is 0 Å². The topological polar surface area (TPSA) is 72.8 Å². The summed E-state index contributed by atoms with van der Waals surface area (Å²) < 4.78 is 10.9. The first kappa shape index (κ1) is 10.6. The van der Waals surface area contributed by atoms with Crippen molar-refractivity contribution >= 4 is 11.8 Å². The maximum absolute atomic E-state index is 11.6. The van der Waals surface area contributed by atoms with Crippen molar-refractivity contribution in [2.45, 2.75) is 32.0 Å². The number of carbonyl (C=O) groups is 2. The predicted molar refractivity (Wildman–Crippen MR) is 49.2 cm³/mol. The van der Waals surface area contributed by atoms with Crippen LogP contribution in [0.2, 0.25) is 0 Å². The number of carboxylic acid groups (broad SMARTS) is 1. The molecular weight excluding hydrogens is 200 g/mol. The van der Waals surface area contributed by atoms with Crippen LogP contribution < -0.4 is 0 Å². The van der Waals surface area contributed by atoms with Gasteiger partial charge in [-0.3, -0.25) is 9.59 Å². The first-order valence-corrected chi connectivity index (χ1v) is 5.03. The fraction of sp³-hybridized carbons (Fsp3) is 0.800. The van der Waals surface area contributed by atoms with Crippen LogP contribution in [0, 0.1) is 5.41 Å². The number of carboxylic acids is 1. The Kier molecular flexibility index (Phi) is 2.31. The van der Waals surface area contributed by atoms with E-state index in [1.807, 2.05) is 0 Å². The standard InChI is InChI=1S/C10H14O5/c1-9(8(12)13)6-10(3-2-7(9)11)14-4-5-15-10/h2-6H2,1H3,(H,12,13). The lowest BCUT2D eigenvalue weighted by atomic mass is 9.72. The van der Waals surface area contributed by atoms with Crippen molar-refractivity contribution in [2.24, 2.45) is 5.41 Å². The van der Waals surface area contributed by atoms with Gasteiger partial charge < -0.3 is 14.6 Å². The van der Waals surface area contributed by atoms with Crippen molar-refractivity contribution in [1.29, 1.82) is 0 Å². The van der Waals surface area contributed by atoms with E-state index in [2.05, 4.69) is 0 Å². The summed E-state index contributed by atoms with van der Waals surface area (Å²) in [5.74, 6) is -2.16. The van der Waals surface area contributed by atoms with Gasteiger partial charge in [-0.1, -0.05) is 0 Å². The van der Waals surface area contributed by atoms with Gasteiger partial charge in [0.05, 0.1) is 13.2 Å². The Morgan fingerprint density at radius 1 is 1.40 bits per heavy atom. The van der Waals surface area contributed by atoms with E-state index in [9.17, 15) is 9.59 Å². The molecule has 1 saturated heterocycles. The maximum Gasteiger partial charge on any atom is 0.317 e. The summed E-state index contributed by atoms with van der Waals surface area (Å²) in [7, 11) is 0. The Bertz CT molecular complexity index is 305. The fourth-order valence-electron chi connectivity index (χ4n) is 2.24. The summed E-state index contributed by atoms with van der Waals surface area (Å²) in [6.45, 7) is 2.40.